The molecule has 144 valence electrons. The normalized spacial score (nSPS) is 10.6. The van der Waals surface area contributed by atoms with Crippen LogP contribution < -0.4 is 19.5 Å². The molecule has 0 fully saturated rings. The van der Waals surface area contributed by atoms with E-state index in [1.54, 1.807) is 12.1 Å². The number of carbonyl (C=O) groups excluding carboxylic acids is 1. The number of aromatic carboxylic acids is 1. The van der Waals surface area contributed by atoms with Crippen molar-refractivity contribution >= 4 is 23.6 Å². The molecule has 8 heteroatoms. The monoisotopic (exact) mass is 382 g/mol. The van der Waals surface area contributed by atoms with E-state index in [0.29, 0.717) is 22.8 Å². The molecule has 2 rings (SSSR count). The summed E-state index contributed by atoms with van der Waals surface area (Å²) in [5, 5.41) is 20.9. The van der Waals surface area contributed by atoms with E-state index in [4.69, 9.17) is 19.3 Å². The van der Waals surface area contributed by atoms with Gasteiger partial charge in [0, 0.05) is 17.3 Å². The van der Waals surface area contributed by atoms with Crippen molar-refractivity contribution in [2.75, 3.05) is 26.6 Å². The number of rotatable bonds is 7. The van der Waals surface area contributed by atoms with E-state index >= 15 is 0 Å². The molecular formula is C20H18N2O6. The third-order valence-electron chi connectivity index (χ3n) is 3.77. The number of carboxylic acids is 1. The van der Waals surface area contributed by atoms with Gasteiger partial charge in [0.25, 0.3) is 5.91 Å². The number of ether oxygens (including phenoxy) is 3. The highest BCUT2D eigenvalue weighted by molar-refractivity contribution is 6.10. The Labute approximate surface area is 161 Å². The molecule has 0 spiro atoms. The van der Waals surface area contributed by atoms with Crippen LogP contribution >= 0.6 is 0 Å². The summed E-state index contributed by atoms with van der Waals surface area (Å²) in [5.41, 5.74) is 0.504. The van der Waals surface area contributed by atoms with Gasteiger partial charge in [-0.05, 0) is 30.3 Å². The number of anilines is 1. The van der Waals surface area contributed by atoms with Crippen molar-refractivity contribution in [2.24, 2.45) is 0 Å². The van der Waals surface area contributed by atoms with Crippen molar-refractivity contribution in [2.45, 2.75) is 0 Å². The third kappa shape index (κ3) is 4.59. The Morgan fingerprint density at radius 2 is 1.68 bits per heavy atom. The van der Waals surface area contributed by atoms with Gasteiger partial charge in [-0.25, -0.2) is 4.79 Å². The maximum Gasteiger partial charge on any atom is 0.335 e. The van der Waals surface area contributed by atoms with Crippen molar-refractivity contribution in [1.29, 1.82) is 5.26 Å². The lowest BCUT2D eigenvalue weighted by atomic mass is 10.1. The SMILES string of the molecule is COc1cc(OC)c(OC)cc1/C=C(\C#N)C(=O)Nc1cccc(C(=O)O)c1. The van der Waals surface area contributed by atoms with Gasteiger partial charge in [0.2, 0.25) is 0 Å². The second kappa shape index (κ2) is 9.09. The highest BCUT2D eigenvalue weighted by atomic mass is 16.5. The number of benzene rings is 2. The fraction of sp³-hybridized carbons (Fsp3) is 0.150. The molecule has 0 aliphatic carbocycles. The van der Waals surface area contributed by atoms with E-state index in [1.165, 1.54) is 51.7 Å². The molecule has 0 aliphatic heterocycles. The van der Waals surface area contributed by atoms with E-state index in [9.17, 15) is 14.9 Å². The van der Waals surface area contributed by atoms with Crippen molar-refractivity contribution < 1.29 is 28.9 Å². The van der Waals surface area contributed by atoms with Crippen LogP contribution in [0.3, 0.4) is 0 Å². The summed E-state index contributed by atoms with van der Waals surface area (Å²) in [7, 11) is 4.39. The molecule has 0 saturated carbocycles. The third-order valence-corrected chi connectivity index (χ3v) is 3.77. The Bertz CT molecular complexity index is 975. The molecule has 8 nitrogen and oxygen atoms in total. The van der Waals surface area contributed by atoms with Crippen LogP contribution in [0.25, 0.3) is 6.08 Å². The Morgan fingerprint density at radius 3 is 2.25 bits per heavy atom. The second-order valence-corrected chi connectivity index (χ2v) is 5.46. The summed E-state index contributed by atoms with van der Waals surface area (Å²) in [6, 6.07) is 10.7. The molecule has 2 aromatic carbocycles. The molecule has 0 aliphatic rings. The van der Waals surface area contributed by atoms with Crippen LogP contribution in [-0.2, 0) is 4.79 Å². The Morgan fingerprint density at radius 1 is 1.04 bits per heavy atom. The number of nitrogens with zero attached hydrogens (tertiary/aromatic N) is 1. The molecule has 1 amide bonds. The molecule has 28 heavy (non-hydrogen) atoms. The molecule has 2 N–H and O–H groups in total. The standard InChI is InChI=1S/C20H18N2O6/c1-26-16-10-18(28-3)17(27-2)9-13(16)7-14(11-21)19(23)22-15-6-4-5-12(8-15)20(24)25/h4-10H,1-3H3,(H,22,23)(H,24,25)/b14-7+. The van der Waals surface area contributed by atoms with Crippen molar-refractivity contribution in [3.8, 4) is 23.3 Å². The zero-order valence-electron chi connectivity index (χ0n) is 15.5. The summed E-state index contributed by atoms with van der Waals surface area (Å²) in [4.78, 5) is 23.5. The van der Waals surface area contributed by atoms with E-state index in [0.717, 1.165) is 0 Å². The molecule has 0 radical (unpaired) electrons. The molecule has 0 aromatic heterocycles. The summed E-state index contributed by atoms with van der Waals surface area (Å²) >= 11 is 0. The lowest BCUT2D eigenvalue weighted by Gasteiger charge is -2.12. The Hall–Kier alpha value is -3.99. The average Bonchev–Trinajstić information content (AvgIpc) is 2.71. The highest BCUT2D eigenvalue weighted by Gasteiger charge is 2.15. The number of amides is 1. The van der Waals surface area contributed by atoms with Crippen LogP contribution in [0.4, 0.5) is 5.69 Å². The predicted octanol–water partition coefficient (Wildman–Crippen LogP) is 2.96. The van der Waals surface area contributed by atoms with Gasteiger partial charge in [-0.2, -0.15) is 5.26 Å². The van der Waals surface area contributed by atoms with Gasteiger partial charge >= 0.3 is 5.97 Å². The smallest absolute Gasteiger partial charge is 0.335 e. The van der Waals surface area contributed by atoms with Crippen LogP contribution in [0.2, 0.25) is 0 Å². The molecule has 0 saturated heterocycles. The Balaban J connectivity index is 2.38. The molecule has 0 bridgehead atoms. The molecule has 0 heterocycles. The number of hydrogen-bond donors (Lipinski definition) is 2. The van der Waals surface area contributed by atoms with Gasteiger partial charge in [-0.3, -0.25) is 4.79 Å². The van der Waals surface area contributed by atoms with Gasteiger partial charge < -0.3 is 24.6 Å². The topological polar surface area (TPSA) is 118 Å². The fourth-order valence-electron chi connectivity index (χ4n) is 2.40. The molecule has 0 unspecified atom stereocenters. The number of methoxy groups -OCH3 is 3. The molecular weight excluding hydrogens is 364 g/mol. The van der Waals surface area contributed by atoms with E-state index < -0.39 is 11.9 Å². The lowest BCUT2D eigenvalue weighted by Crippen LogP contribution is -2.14. The van der Waals surface area contributed by atoms with Gasteiger partial charge in [-0.1, -0.05) is 6.07 Å². The van der Waals surface area contributed by atoms with Crippen LogP contribution in [0.15, 0.2) is 42.0 Å². The van der Waals surface area contributed by atoms with E-state index in [1.807, 2.05) is 6.07 Å². The first-order valence-corrected chi connectivity index (χ1v) is 8.00. The van der Waals surface area contributed by atoms with E-state index in [-0.39, 0.29) is 16.8 Å². The number of carbonyl (C=O) groups is 2. The zero-order chi connectivity index (χ0) is 20.7. The second-order valence-electron chi connectivity index (χ2n) is 5.46. The maximum absolute atomic E-state index is 12.5. The minimum absolute atomic E-state index is 0.0156. The first kappa shape index (κ1) is 20.3. The van der Waals surface area contributed by atoms with Crippen LogP contribution in [-0.4, -0.2) is 38.3 Å². The fourth-order valence-corrected chi connectivity index (χ4v) is 2.40. The minimum atomic E-state index is -1.12. The number of nitriles is 1. The summed E-state index contributed by atoms with van der Waals surface area (Å²) in [5.74, 6) is -0.596. The van der Waals surface area contributed by atoms with Crippen molar-refractivity contribution in [3.63, 3.8) is 0 Å². The van der Waals surface area contributed by atoms with Crippen molar-refractivity contribution in [3.05, 3.63) is 53.1 Å². The van der Waals surface area contributed by atoms with Gasteiger partial charge in [-0.15, -0.1) is 0 Å². The number of nitrogens with one attached hydrogen (secondary N) is 1. The average molecular weight is 382 g/mol. The zero-order valence-corrected chi connectivity index (χ0v) is 15.5. The Kier molecular flexibility index (Phi) is 6.60. The van der Waals surface area contributed by atoms with Gasteiger partial charge in [0.1, 0.15) is 17.4 Å². The summed E-state index contributed by atoms with van der Waals surface area (Å²) < 4.78 is 15.7. The molecule has 0 atom stereocenters. The number of carboxylic acid groups (broad SMARTS) is 1. The van der Waals surface area contributed by atoms with Crippen LogP contribution in [0, 0.1) is 11.3 Å². The number of hydrogen-bond acceptors (Lipinski definition) is 6. The largest absolute Gasteiger partial charge is 0.496 e. The predicted molar refractivity (Wildman–Crippen MR) is 102 cm³/mol. The minimum Gasteiger partial charge on any atom is -0.496 e. The maximum atomic E-state index is 12.5. The first-order chi connectivity index (χ1) is 13.4. The van der Waals surface area contributed by atoms with Gasteiger partial charge in [0.05, 0.1) is 26.9 Å². The van der Waals surface area contributed by atoms with E-state index in [2.05, 4.69) is 5.32 Å². The van der Waals surface area contributed by atoms with Gasteiger partial charge in [0.15, 0.2) is 11.5 Å². The van der Waals surface area contributed by atoms with Crippen LogP contribution in [0.5, 0.6) is 17.2 Å². The summed E-state index contributed by atoms with van der Waals surface area (Å²) in [6.07, 6.45) is 1.34. The van der Waals surface area contributed by atoms with Crippen molar-refractivity contribution in [1.82, 2.24) is 0 Å². The highest BCUT2D eigenvalue weighted by Crippen LogP contribution is 2.35. The molecule has 2 aromatic rings. The van der Waals surface area contributed by atoms with Crippen LogP contribution in [0.1, 0.15) is 15.9 Å². The lowest BCUT2D eigenvalue weighted by molar-refractivity contribution is -0.112. The first-order valence-electron chi connectivity index (χ1n) is 8.00. The summed E-state index contributed by atoms with van der Waals surface area (Å²) in [6.45, 7) is 0. The quantitative estimate of drug-likeness (QED) is 0.558.